The van der Waals surface area contributed by atoms with E-state index in [1.807, 2.05) is 11.8 Å². The van der Waals surface area contributed by atoms with E-state index in [0.29, 0.717) is 0 Å². The molecule has 0 aromatic rings. The molecule has 0 saturated carbocycles. The van der Waals surface area contributed by atoms with E-state index in [4.69, 9.17) is 0 Å². The summed E-state index contributed by atoms with van der Waals surface area (Å²) in [5, 5.41) is 0. The maximum absolute atomic E-state index is 4.08. The maximum Gasteiger partial charge on any atom is 0.0839 e. The van der Waals surface area contributed by atoms with Crippen molar-refractivity contribution in [3.05, 3.63) is 0 Å². The summed E-state index contributed by atoms with van der Waals surface area (Å²) < 4.78 is 0. The second kappa shape index (κ2) is 3.71. The Morgan fingerprint density at radius 1 is 1.71 bits per heavy atom. The van der Waals surface area contributed by atoms with E-state index in [-0.39, 0.29) is 12.4 Å². The van der Waals surface area contributed by atoms with Crippen molar-refractivity contribution >= 4 is 38.2 Å². The zero-order valence-corrected chi connectivity index (χ0v) is 6.54. The van der Waals surface area contributed by atoms with Crippen molar-refractivity contribution < 1.29 is 0 Å². The molecule has 1 atom stereocenters. The minimum absolute atomic E-state index is 0. The molecule has 1 aliphatic rings. The van der Waals surface area contributed by atoms with Crippen LogP contribution in [-0.4, -0.2) is 17.1 Å². The molecule has 1 unspecified atom stereocenters. The van der Waals surface area contributed by atoms with Gasteiger partial charge >= 0.3 is 0 Å². The van der Waals surface area contributed by atoms with Gasteiger partial charge in [-0.3, -0.25) is 4.99 Å². The fraction of sp³-hybridized carbons (Fsp3) is 0.667. The fourth-order valence-electron chi connectivity index (χ4n) is 0.352. The first-order chi connectivity index (χ1) is 2.89. The summed E-state index contributed by atoms with van der Waals surface area (Å²) in [7, 11) is 2.59. The van der Waals surface area contributed by atoms with Crippen LogP contribution in [0.1, 0.15) is 0 Å². The average Bonchev–Trinajstić information content (AvgIpc) is 1.86. The van der Waals surface area contributed by atoms with Gasteiger partial charge in [0.2, 0.25) is 0 Å². The Morgan fingerprint density at radius 3 is 2.57 bits per heavy atom. The summed E-state index contributed by atoms with van der Waals surface area (Å²) in [6.07, 6.45) is 0. The Kier molecular flexibility index (Phi) is 4.10. The van der Waals surface area contributed by atoms with Crippen LogP contribution >= 0.6 is 33.4 Å². The van der Waals surface area contributed by atoms with Crippen molar-refractivity contribution in [2.24, 2.45) is 4.99 Å². The first-order valence-electron chi connectivity index (χ1n) is 1.82. The Morgan fingerprint density at radius 2 is 2.43 bits per heavy atom. The molecule has 0 radical (unpaired) electrons. The molecule has 0 aliphatic carbocycles. The molecule has 4 heteroatoms. The highest BCUT2D eigenvalue weighted by molar-refractivity contribution is 8.21. The molecule has 0 amide bonds. The lowest BCUT2D eigenvalue weighted by molar-refractivity contribution is 1.18. The van der Waals surface area contributed by atoms with Gasteiger partial charge in [-0.1, -0.05) is 9.24 Å². The Labute approximate surface area is 56.0 Å². The summed E-state index contributed by atoms with van der Waals surface area (Å²) in [5.74, 6) is 1.18. The summed E-state index contributed by atoms with van der Waals surface area (Å²) >= 11 is 1.81. The van der Waals surface area contributed by atoms with Gasteiger partial charge in [-0.2, -0.15) is 0 Å². The summed E-state index contributed by atoms with van der Waals surface area (Å²) in [5.41, 5.74) is 0. The molecule has 0 aromatic heterocycles. The molecule has 0 saturated heterocycles. The minimum Gasteiger partial charge on any atom is -0.278 e. The van der Waals surface area contributed by atoms with Crippen LogP contribution in [-0.2, 0) is 0 Å². The van der Waals surface area contributed by atoms with Crippen LogP contribution in [0.2, 0.25) is 0 Å². The van der Waals surface area contributed by atoms with Crippen molar-refractivity contribution in [2.75, 3.05) is 12.3 Å². The number of nitrogens with zero attached hydrogens (tertiary/aromatic N) is 1. The third-order valence-electron chi connectivity index (χ3n) is 0.609. The van der Waals surface area contributed by atoms with Crippen LogP contribution in [0.4, 0.5) is 0 Å². The van der Waals surface area contributed by atoms with Gasteiger partial charge in [0.1, 0.15) is 0 Å². The Balaban J connectivity index is 0.000000360. The highest BCUT2D eigenvalue weighted by Gasteiger charge is 1.97. The fourth-order valence-corrected chi connectivity index (χ4v) is 1.41. The van der Waals surface area contributed by atoms with Gasteiger partial charge in [0.25, 0.3) is 0 Å². The van der Waals surface area contributed by atoms with Crippen molar-refractivity contribution in [1.82, 2.24) is 0 Å². The Bertz CT molecular complexity index is 85.0. The van der Waals surface area contributed by atoms with Gasteiger partial charge in [-0.15, -0.1) is 24.2 Å². The van der Waals surface area contributed by atoms with E-state index in [9.17, 15) is 0 Å². The molecule has 1 aliphatic heterocycles. The molecule has 1 heterocycles. The summed E-state index contributed by atoms with van der Waals surface area (Å²) in [4.78, 5) is 5.24. The van der Waals surface area contributed by atoms with Gasteiger partial charge in [0.05, 0.1) is 4.78 Å². The SMILES string of the molecule is Cl.PC1=NCCS1. The van der Waals surface area contributed by atoms with Crippen LogP contribution in [0.25, 0.3) is 0 Å². The van der Waals surface area contributed by atoms with Crippen LogP contribution in [0.3, 0.4) is 0 Å². The summed E-state index contributed by atoms with van der Waals surface area (Å²) in [6, 6.07) is 0. The smallest absolute Gasteiger partial charge is 0.0839 e. The first kappa shape index (κ1) is 7.74. The van der Waals surface area contributed by atoms with E-state index in [0.717, 1.165) is 11.3 Å². The number of hydrogen-bond acceptors (Lipinski definition) is 2. The lowest BCUT2D eigenvalue weighted by atomic mass is 10.8. The molecule has 0 fully saturated rings. The van der Waals surface area contributed by atoms with Gasteiger partial charge in [0.15, 0.2) is 0 Å². The molecular weight excluding hydrogens is 149 g/mol. The first-order valence-corrected chi connectivity index (χ1v) is 3.38. The summed E-state index contributed by atoms with van der Waals surface area (Å²) in [6.45, 7) is 1.02. The van der Waals surface area contributed by atoms with E-state index >= 15 is 0 Å². The molecule has 1 rings (SSSR count). The minimum atomic E-state index is 0. The quantitative estimate of drug-likeness (QED) is 0.482. The molecule has 0 aromatic carbocycles. The van der Waals surface area contributed by atoms with Crippen molar-refractivity contribution in [3.8, 4) is 0 Å². The van der Waals surface area contributed by atoms with Crippen molar-refractivity contribution in [3.63, 3.8) is 0 Å². The van der Waals surface area contributed by atoms with Crippen LogP contribution in [0.15, 0.2) is 4.99 Å². The molecule has 0 N–H and O–H groups in total. The van der Waals surface area contributed by atoms with Gasteiger partial charge < -0.3 is 0 Å². The highest BCUT2D eigenvalue weighted by Crippen LogP contribution is 2.15. The molecular formula is C3H7ClNPS. The van der Waals surface area contributed by atoms with Crippen molar-refractivity contribution in [1.29, 1.82) is 0 Å². The topological polar surface area (TPSA) is 12.4 Å². The number of halogens is 1. The predicted octanol–water partition coefficient (Wildman–Crippen LogP) is 1.39. The predicted molar refractivity (Wildman–Crippen MR) is 41.7 cm³/mol. The van der Waals surface area contributed by atoms with Crippen LogP contribution in [0.5, 0.6) is 0 Å². The second-order valence-electron chi connectivity index (χ2n) is 1.07. The maximum atomic E-state index is 4.08. The third kappa shape index (κ3) is 2.53. The van der Waals surface area contributed by atoms with Crippen molar-refractivity contribution in [2.45, 2.75) is 0 Å². The lowest BCUT2D eigenvalue weighted by Crippen LogP contribution is -1.69. The molecule has 42 valence electrons. The Hall–Kier alpha value is 0.740. The normalized spacial score (nSPS) is 18.1. The number of rotatable bonds is 0. The average molecular weight is 156 g/mol. The van der Waals surface area contributed by atoms with Gasteiger partial charge in [-0.25, -0.2) is 0 Å². The van der Waals surface area contributed by atoms with Gasteiger partial charge in [0, 0.05) is 12.3 Å². The lowest BCUT2D eigenvalue weighted by Gasteiger charge is -1.76. The van der Waals surface area contributed by atoms with Crippen LogP contribution < -0.4 is 0 Å². The molecule has 7 heavy (non-hydrogen) atoms. The number of hydrogen-bond donors (Lipinski definition) is 0. The van der Waals surface area contributed by atoms with Crippen LogP contribution in [0, 0.1) is 0 Å². The largest absolute Gasteiger partial charge is 0.278 e. The zero-order chi connectivity index (χ0) is 4.41. The highest BCUT2D eigenvalue weighted by atomic mass is 35.5. The van der Waals surface area contributed by atoms with E-state index in [2.05, 4.69) is 14.2 Å². The van der Waals surface area contributed by atoms with E-state index in [1.54, 1.807) is 0 Å². The zero-order valence-electron chi connectivity index (χ0n) is 3.76. The number of aliphatic imine (C=N–C) groups is 1. The standard InChI is InChI=1S/C3H6NPS.ClH/c5-3-4-1-2-6-3;/h1-2,5H2;1H. The second-order valence-corrected chi connectivity index (χ2v) is 3.15. The number of thioether (sulfide) groups is 1. The molecule has 1 nitrogen and oxygen atoms in total. The van der Waals surface area contributed by atoms with Gasteiger partial charge in [-0.05, 0) is 0 Å². The third-order valence-corrected chi connectivity index (χ3v) is 2.10. The van der Waals surface area contributed by atoms with E-state index in [1.165, 1.54) is 5.75 Å². The van der Waals surface area contributed by atoms with E-state index < -0.39 is 0 Å². The molecule has 0 bridgehead atoms. The monoisotopic (exact) mass is 155 g/mol. The molecule has 0 spiro atoms.